The molecule has 1 aliphatic rings. The van der Waals surface area contributed by atoms with E-state index in [1.54, 1.807) is 0 Å². The highest BCUT2D eigenvalue weighted by Crippen LogP contribution is 2.34. The number of allylic oxidation sites excluding steroid dienone is 2. The number of unbranched alkanes of at least 4 members (excludes halogenated alkanes) is 7. The Morgan fingerprint density at radius 3 is 2.16 bits per heavy atom. The number of hydrogen-bond acceptors (Lipinski definition) is 2. The van der Waals surface area contributed by atoms with Crippen LogP contribution in [0.15, 0.2) is 12.2 Å². The molecule has 1 rings (SSSR count). The number of rotatable bonds is 14. The first kappa shape index (κ1) is 21.7. The zero-order chi connectivity index (χ0) is 18.5. The SMILES string of the molecule is CCCCCC1C=CC(CCCCCCCCC(=O)O)CC1C(=O)O. The molecule has 0 spiro atoms. The summed E-state index contributed by atoms with van der Waals surface area (Å²) >= 11 is 0. The van der Waals surface area contributed by atoms with Crippen molar-refractivity contribution in [2.75, 3.05) is 0 Å². The third-order valence-corrected chi connectivity index (χ3v) is 5.38. The molecule has 0 heterocycles. The topological polar surface area (TPSA) is 74.6 Å². The van der Waals surface area contributed by atoms with Gasteiger partial charge in [-0.05, 0) is 37.5 Å². The summed E-state index contributed by atoms with van der Waals surface area (Å²) in [6.45, 7) is 2.17. The molecule has 0 radical (unpaired) electrons. The highest BCUT2D eigenvalue weighted by molar-refractivity contribution is 5.71. The number of aliphatic carboxylic acids is 2. The van der Waals surface area contributed by atoms with Gasteiger partial charge in [-0.15, -0.1) is 0 Å². The van der Waals surface area contributed by atoms with Gasteiger partial charge in [-0.1, -0.05) is 70.4 Å². The number of hydrogen-bond donors (Lipinski definition) is 2. The third-order valence-electron chi connectivity index (χ3n) is 5.38. The van der Waals surface area contributed by atoms with Crippen molar-refractivity contribution in [3.63, 3.8) is 0 Å². The van der Waals surface area contributed by atoms with Gasteiger partial charge >= 0.3 is 11.9 Å². The molecule has 4 nitrogen and oxygen atoms in total. The maximum Gasteiger partial charge on any atom is 0.307 e. The van der Waals surface area contributed by atoms with Crippen LogP contribution >= 0.6 is 0 Å². The molecule has 0 aromatic carbocycles. The van der Waals surface area contributed by atoms with Gasteiger partial charge in [0.1, 0.15) is 0 Å². The van der Waals surface area contributed by atoms with E-state index in [1.165, 1.54) is 12.8 Å². The van der Waals surface area contributed by atoms with Crippen LogP contribution in [0.25, 0.3) is 0 Å². The lowest BCUT2D eigenvalue weighted by Crippen LogP contribution is -2.28. The molecule has 3 atom stereocenters. The molecule has 0 aliphatic heterocycles. The summed E-state index contributed by atoms with van der Waals surface area (Å²) in [5.41, 5.74) is 0. The first-order valence-electron chi connectivity index (χ1n) is 10.2. The van der Waals surface area contributed by atoms with Crippen molar-refractivity contribution in [1.29, 1.82) is 0 Å². The molecule has 0 fully saturated rings. The summed E-state index contributed by atoms with van der Waals surface area (Å²) in [6, 6.07) is 0. The fourth-order valence-electron chi connectivity index (χ4n) is 3.83. The molecule has 0 aromatic rings. The quantitative estimate of drug-likeness (QED) is 0.312. The average Bonchev–Trinajstić information content (AvgIpc) is 2.58. The van der Waals surface area contributed by atoms with Gasteiger partial charge in [0.15, 0.2) is 0 Å². The molecule has 0 saturated heterocycles. The molecule has 0 bridgehead atoms. The fourth-order valence-corrected chi connectivity index (χ4v) is 3.83. The molecule has 0 amide bonds. The largest absolute Gasteiger partial charge is 0.481 e. The standard InChI is InChI=1S/C21H36O4/c1-2-3-8-12-18-15-14-17(16-19(18)21(24)25)11-9-6-4-5-7-10-13-20(22)23/h14-15,17-19H,2-13,16H2,1H3,(H,22,23)(H,24,25). The fraction of sp³-hybridized carbons (Fsp3) is 0.810. The Morgan fingerprint density at radius 2 is 1.52 bits per heavy atom. The Balaban J connectivity index is 2.20. The van der Waals surface area contributed by atoms with Crippen molar-refractivity contribution in [2.45, 2.75) is 90.4 Å². The first-order chi connectivity index (χ1) is 12.0. The van der Waals surface area contributed by atoms with E-state index in [9.17, 15) is 14.7 Å². The van der Waals surface area contributed by atoms with Crippen LogP contribution < -0.4 is 0 Å². The van der Waals surface area contributed by atoms with E-state index in [-0.39, 0.29) is 18.3 Å². The maximum atomic E-state index is 11.6. The van der Waals surface area contributed by atoms with Crippen LogP contribution in [-0.4, -0.2) is 22.2 Å². The molecule has 0 aromatic heterocycles. The lowest BCUT2D eigenvalue weighted by atomic mass is 9.75. The van der Waals surface area contributed by atoms with Crippen LogP contribution in [0.2, 0.25) is 0 Å². The number of carboxylic acid groups (broad SMARTS) is 2. The highest BCUT2D eigenvalue weighted by Gasteiger charge is 2.31. The second-order valence-electron chi connectivity index (χ2n) is 7.54. The van der Waals surface area contributed by atoms with E-state index >= 15 is 0 Å². The molecular formula is C21H36O4. The van der Waals surface area contributed by atoms with Crippen molar-refractivity contribution in [3.05, 3.63) is 12.2 Å². The predicted octanol–water partition coefficient (Wildman–Crippen LogP) is 5.67. The zero-order valence-corrected chi connectivity index (χ0v) is 15.8. The lowest BCUT2D eigenvalue weighted by Gasteiger charge is -2.29. The minimum absolute atomic E-state index is 0.206. The van der Waals surface area contributed by atoms with E-state index in [1.807, 2.05) is 0 Å². The van der Waals surface area contributed by atoms with Crippen molar-refractivity contribution in [1.82, 2.24) is 0 Å². The number of carboxylic acids is 2. The Hall–Kier alpha value is -1.32. The van der Waals surface area contributed by atoms with Gasteiger partial charge in [0, 0.05) is 6.42 Å². The summed E-state index contributed by atoms with van der Waals surface area (Å²) in [4.78, 5) is 22.0. The third kappa shape index (κ3) is 9.66. The van der Waals surface area contributed by atoms with Crippen LogP contribution in [0.3, 0.4) is 0 Å². The minimum Gasteiger partial charge on any atom is -0.481 e. The summed E-state index contributed by atoms with van der Waals surface area (Å²) < 4.78 is 0. The monoisotopic (exact) mass is 352 g/mol. The molecule has 4 heteroatoms. The Labute approximate surface area is 152 Å². The van der Waals surface area contributed by atoms with E-state index in [0.29, 0.717) is 5.92 Å². The normalized spacial score (nSPS) is 22.8. The second kappa shape index (κ2) is 13.0. The van der Waals surface area contributed by atoms with Crippen LogP contribution in [-0.2, 0) is 9.59 Å². The molecule has 1 aliphatic carbocycles. The van der Waals surface area contributed by atoms with Crippen molar-refractivity contribution >= 4 is 11.9 Å². The van der Waals surface area contributed by atoms with E-state index < -0.39 is 11.9 Å². The van der Waals surface area contributed by atoms with E-state index in [4.69, 9.17) is 5.11 Å². The summed E-state index contributed by atoms with van der Waals surface area (Å²) in [5, 5.41) is 18.1. The summed E-state index contributed by atoms with van der Waals surface area (Å²) in [5.74, 6) is -0.910. The first-order valence-corrected chi connectivity index (χ1v) is 10.2. The molecular weight excluding hydrogens is 316 g/mol. The minimum atomic E-state index is -0.704. The van der Waals surface area contributed by atoms with Gasteiger partial charge in [0.2, 0.25) is 0 Å². The van der Waals surface area contributed by atoms with Gasteiger partial charge in [0.25, 0.3) is 0 Å². The average molecular weight is 353 g/mol. The molecule has 0 saturated carbocycles. The summed E-state index contributed by atoms with van der Waals surface area (Å²) in [6.07, 6.45) is 17.4. The predicted molar refractivity (Wildman–Crippen MR) is 101 cm³/mol. The highest BCUT2D eigenvalue weighted by atomic mass is 16.4. The molecule has 25 heavy (non-hydrogen) atoms. The Kier molecular flexibility index (Phi) is 11.3. The van der Waals surface area contributed by atoms with Crippen LogP contribution in [0.5, 0.6) is 0 Å². The maximum absolute atomic E-state index is 11.6. The van der Waals surface area contributed by atoms with Crippen molar-refractivity contribution < 1.29 is 19.8 Å². The van der Waals surface area contributed by atoms with Gasteiger partial charge in [-0.3, -0.25) is 9.59 Å². The summed E-state index contributed by atoms with van der Waals surface area (Å²) in [7, 11) is 0. The smallest absolute Gasteiger partial charge is 0.307 e. The zero-order valence-electron chi connectivity index (χ0n) is 15.8. The van der Waals surface area contributed by atoms with Crippen LogP contribution in [0.1, 0.15) is 90.4 Å². The van der Waals surface area contributed by atoms with Crippen molar-refractivity contribution in [3.8, 4) is 0 Å². The van der Waals surface area contributed by atoms with Crippen LogP contribution in [0.4, 0.5) is 0 Å². The number of carbonyl (C=O) groups is 2. The Bertz CT molecular complexity index is 416. The molecule has 144 valence electrons. The van der Waals surface area contributed by atoms with Crippen LogP contribution in [0, 0.1) is 17.8 Å². The van der Waals surface area contributed by atoms with Gasteiger partial charge in [-0.2, -0.15) is 0 Å². The second-order valence-corrected chi connectivity index (χ2v) is 7.54. The lowest BCUT2D eigenvalue weighted by molar-refractivity contribution is -0.144. The van der Waals surface area contributed by atoms with Gasteiger partial charge in [-0.25, -0.2) is 0 Å². The molecule has 2 N–H and O–H groups in total. The van der Waals surface area contributed by atoms with Gasteiger partial charge in [0.05, 0.1) is 5.92 Å². The van der Waals surface area contributed by atoms with E-state index in [0.717, 1.165) is 64.2 Å². The van der Waals surface area contributed by atoms with Gasteiger partial charge < -0.3 is 10.2 Å². The molecule has 3 unspecified atom stereocenters. The Morgan fingerprint density at radius 1 is 0.880 bits per heavy atom. The van der Waals surface area contributed by atoms with Crippen molar-refractivity contribution in [2.24, 2.45) is 17.8 Å². The van der Waals surface area contributed by atoms with E-state index in [2.05, 4.69) is 19.1 Å².